The maximum Gasteiger partial charge on any atom is 0.212 e. The molecule has 5 nitrogen and oxygen atoms in total. The molecular weight excluding hydrogens is 206 g/mol. The molecule has 1 aromatic heterocycles. The molecule has 0 aliphatic rings. The molecule has 1 aromatic rings. The smallest absolute Gasteiger partial charge is 0.212 e. The molecule has 0 aliphatic heterocycles. The van der Waals surface area contributed by atoms with E-state index in [1.54, 1.807) is 17.0 Å². The summed E-state index contributed by atoms with van der Waals surface area (Å²) in [6.45, 7) is 3.39. The molecule has 0 saturated carbocycles. The molecule has 1 N–H and O–H groups in total. The standard InChI is InChI=1S/C11H17N3O2/c1-2-3-6-16-9-10(15)8-14-5-4-13-11(14)7-12/h4-5,10,15H,2-3,6,8-9H2,1H3. The molecule has 1 unspecified atom stereocenters. The van der Waals surface area contributed by atoms with Gasteiger partial charge in [-0.2, -0.15) is 5.26 Å². The Morgan fingerprint density at radius 1 is 1.69 bits per heavy atom. The van der Waals surface area contributed by atoms with Gasteiger partial charge >= 0.3 is 0 Å². The molecule has 0 radical (unpaired) electrons. The van der Waals surface area contributed by atoms with Gasteiger partial charge in [0, 0.05) is 19.0 Å². The van der Waals surface area contributed by atoms with E-state index in [2.05, 4.69) is 11.9 Å². The summed E-state index contributed by atoms with van der Waals surface area (Å²) in [6.07, 6.45) is 4.70. The van der Waals surface area contributed by atoms with Crippen LogP contribution < -0.4 is 0 Å². The average molecular weight is 223 g/mol. The van der Waals surface area contributed by atoms with Gasteiger partial charge in [-0.3, -0.25) is 0 Å². The van der Waals surface area contributed by atoms with Crippen molar-refractivity contribution >= 4 is 0 Å². The van der Waals surface area contributed by atoms with E-state index in [9.17, 15) is 5.11 Å². The van der Waals surface area contributed by atoms with Crippen molar-refractivity contribution in [3.63, 3.8) is 0 Å². The van der Waals surface area contributed by atoms with Crippen LogP contribution in [0.4, 0.5) is 0 Å². The number of nitriles is 1. The molecule has 1 heterocycles. The van der Waals surface area contributed by atoms with Crippen molar-refractivity contribution in [3.8, 4) is 6.07 Å². The van der Waals surface area contributed by atoms with E-state index in [1.807, 2.05) is 6.07 Å². The predicted octanol–water partition coefficient (Wildman–Crippen LogP) is 0.932. The summed E-state index contributed by atoms with van der Waals surface area (Å²) >= 11 is 0. The van der Waals surface area contributed by atoms with Crippen molar-refractivity contribution in [2.24, 2.45) is 0 Å². The Kier molecular flexibility index (Phi) is 5.54. The average Bonchev–Trinajstić information content (AvgIpc) is 2.71. The summed E-state index contributed by atoms with van der Waals surface area (Å²) in [5, 5.41) is 18.4. The first kappa shape index (κ1) is 12.7. The van der Waals surface area contributed by atoms with E-state index in [4.69, 9.17) is 10.00 Å². The Morgan fingerprint density at radius 3 is 3.19 bits per heavy atom. The summed E-state index contributed by atoms with van der Waals surface area (Å²) in [5.74, 6) is 0.313. The first-order chi connectivity index (χ1) is 7.77. The molecule has 0 saturated heterocycles. The minimum Gasteiger partial charge on any atom is -0.389 e. The van der Waals surface area contributed by atoms with Crippen LogP contribution in [0, 0.1) is 11.3 Å². The number of aliphatic hydroxyl groups is 1. The number of aliphatic hydroxyl groups excluding tert-OH is 1. The maximum absolute atomic E-state index is 9.66. The lowest BCUT2D eigenvalue weighted by Gasteiger charge is -2.12. The molecule has 0 aromatic carbocycles. The van der Waals surface area contributed by atoms with E-state index in [-0.39, 0.29) is 0 Å². The Labute approximate surface area is 95.3 Å². The monoisotopic (exact) mass is 223 g/mol. The third-order valence-electron chi connectivity index (χ3n) is 2.18. The molecule has 16 heavy (non-hydrogen) atoms. The first-order valence-corrected chi connectivity index (χ1v) is 5.45. The zero-order valence-corrected chi connectivity index (χ0v) is 9.46. The van der Waals surface area contributed by atoms with Gasteiger partial charge < -0.3 is 14.4 Å². The van der Waals surface area contributed by atoms with Crippen LogP contribution in [0.25, 0.3) is 0 Å². The van der Waals surface area contributed by atoms with Gasteiger partial charge in [0.05, 0.1) is 19.3 Å². The Hall–Kier alpha value is -1.38. The summed E-state index contributed by atoms with van der Waals surface area (Å²) in [6, 6.07) is 1.96. The van der Waals surface area contributed by atoms with Gasteiger partial charge in [0.25, 0.3) is 0 Å². The van der Waals surface area contributed by atoms with E-state index < -0.39 is 6.10 Å². The predicted molar refractivity (Wildman–Crippen MR) is 58.7 cm³/mol. The minimum absolute atomic E-state index is 0.295. The number of imidazole rings is 1. The number of ether oxygens (including phenoxy) is 1. The highest BCUT2D eigenvalue weighted by Crippen LogP contribution is 1.99. The number of unbranched alkanes of at least 4 members (excludes halogenated alkanes) is 1. The van der Waals surface area contributed by atoms with Crippen molar-refractivity contribution in [3.05, 3.63) is 18.2 Å². The van der Waals surface area contributed by atoms with Gasteiger partial charge in [-0.1, -0.05) is 13.3 Å². The highest BCUT2D eigenvalue weighted by atomic mass is 16.5. The van der Waals surface area contributed by atoms with E-state index in [0.29, 0.717) is 25.6 Å². The van der Waals surface area contributed by atoms with Crippen LogP contribution in [0.2, 0.25) is 0 Å². The Morgan fingerprint density at radius 2 is 2.50 bits per heavy atom. The third-order valence-corrected chi connectivity index (χ3v) is 2.18. The molecule has 0 fully saturated rings. The molecule has 1 atom stereocenters. The third kappa shape index (κ3) is 4.01. The Bertz CT molecular complexity index is 343. The van der Waals surface area contributed by atoms with Crippen molar-refractivity contribution < 1.29 is 9.84 Å². The normalized spacial score (nSPS) is 12.3. The van der Waals surface area contributed by atoms with E-state index in [1.165, 1.54) is 0 Å². The van der Waals surface area contributed by atoms with E-state index >= 15 is 0 Å². The quantitative estimate of drug-likeness (QED) is 0.698. The van der Waals surface area contributed by atoms with Crippen LogP contribution in [0.1, 0.15) is 25.6 Å². The number of aromatic nitrogens is 2. The van der Waals surface area contributed by atoms with Crippen LogP contribution in [0.3, 0.4) is 0 Å². The van der Waals surface area contributed by atoms with Crippen LogP contribution in [-0.4, -0.2) is 34.0 Å². The fraction of sp³-hybridized carbons (Fsp3) is 0.636. The highest BCUT2D eigenvalue weighted by molar-refractivity contribution is 5.11. The minimum atomic E-state index is -0.599. The van der Waals surface area contributed by atoms with E-state index in [0.717, 1.165) is 12.8 Å². The SMILES string of the molecule is CCCCOCC(O)Cn1ccnc1C#N. The lowest BCUT2D eigenvalue weighted by atomic mass is 10.3. The Balaban J connectivity index is 2.29. The largest absolute Gasteiger partial charge is 0.389 e. The maximum atomic E-state index is 9.66. The molecule has 0 aliphatic carbocycles. The van der Waals surface area contributed by atoms with Crippen molar-refractivity contribution in [2.75, 3.05) is 13.2 Å². The summed E-state index contributed by atoms with van der Waals surface area (Å²) in [5.41, 5.74) is 0. The lowest BCUT2D eigenvalue weighted by Crippen LogP contribution is -2.22. The molecule has 88 valence electrons. The number of rotatable bonds is 7. The van der Waals surface area contributed by atoms with Gasteiger partial charge in [0.1, 0.15) is 6.07 Å². The number of hydrogen-bond donors (Lipinski definition) is 1. The molecule has 5 heteroatoms. The van der Waals surface area contributed by atoms with Crippen molar-refractivity contribution in [1.29, 1.82) is 5.26 Å². The van der Waals surface area contributed by atoms with Crippen molar-refractivity contribution in [2.45, 2.75) is 32.4 Å². The van der Waals surface area contributed by atoms with Crippen LogP contribution >= 0.6 is 0 Å². The van der Waals surface area contributed by atoms with Gasteiger partial charge in [0.15, 0.2) is 0 Å². The zero-order chi connectivity index (χ0) is 11.8. The number of nitrogens with zero attached hydrogens (tertiary/aromatic N) is 3. The van der Waals surface area contributed by atoms with Gasteiger partial charge in [-0.15, -0.1) is 0 Å². The fourth-order valence-electron chi connectivity index (χ4n) is 1.32. The number of hydrogen-bond acceptors (Lipinski definition) is 4. The fourth-order valence-corrected chi connectivity index (χ4v) is 1.32. The second-order valence-electron chi connectivity index (χ2n) is 3.60. The first-order valence-electron chi connectivity index (χ1n) is 5.45. The second kappa shape index (κ2) is 6.99. The molecule has 0 spiro atoms. The van der Waals surface area contributed by atoms with Gasteiger partial charge in [-0.25, -0.2) is 4.98 Å². The zero-order valence-electron chi connectivity index (χ0n) is 9.46. The van der Waals surface area contributed by atoms with Gasteiger partial charge in [0.2, 0.25) is 5.82 Å². The molecular formula is C11H17N3O2. The molecule has 0 bridgehead atoms. The summed E-state index contributed by atoms with van der Waals surface area (Å²) < 4.78 is 6.91. The highest BCUT2D eigenvalue weighted by Gasteiger charge is 2.08. The summed E-state index contributed by atoms with van der Waals surface area (Å²) in [4.78, 5) is 3.85. The topological polar surface area (TPSA) is 71.1 Å². The second-order valence-corrected chi connectivity index (χ2v) is 3.60. The van der Waals surface area contributed by atoms with Crippen LogP contribution in [0.15, 0.2) is 12.4 Å². The van der Waals surface area contributed by atoms with Crippen LogP contribution in [-0.2, 0) is 11.3 Å². The summed E-state index contributed by atoms with van der Waals surface area (Å²) in [7, 11) is 0. The van der Waals surface area contributed by atoms with Crippen LogP contribution in [0.5, 0.6) is 0 Å². The lowest BCUT2D eigenvalue weighted by molar-refractivity contribution is 0.0270. The van der Waals surface area contributed by atoms with Crippen molar-refractivity contribution in [1.82, 2.24) is 9.55 Å². The molecule has 1 rings (SSSR count). The molecule has 0 amide bonds. The van der Waals surface area contributed by atoms with Gasteiger partial charge in [-0.05, 0) is 6.42 Å².